The first-order chi connectivity index (χ1) is 18.4. The van der Waals surface area contributed by atoms with Gasteiger partial charge in [-0.3, -0.25) is 14.2 Å². The molecule has 0 bridgehead atoms. The number of ether oxygens (including phenoxy) is 1. The standard InChI is InChI=1S/C27H27FN8O2/c1-34-16-17(14-30-34)27-22-15-29-24(31-19-5-3-4-18(28)12-19)13-23(22)36(33-27)20-6-8-21(9-7-20)38-25-10-11-26(37)35(2)32-25/h3-5,10-16,20-21H,6-9H2,1-2H3,(H,29,31). The fourth-order valence-corrected chi connectivity index (χ4v) is 4.97. The molecule has 0 atom stereocenters. The molecule has 11 heteroatoms. The van der Waals surface area contributed by atoms with Gasteiger partial charge in [-0.05, 0) is 43.9 Å². The molecule has 6 rings (SSSR count). The Kier molecular flexibility index (Phi) is 6.10. The van der Waals surface area contributed by atoms with Crippen LogP contribution >= 0.6 is 0 Å². The summed E-state index contributed by atoms with van der Waals surface area (Å²) >= 11 is 0. The molecule has 4 aromatic heterocycles. The Bertz CT molecular complexity index is 1670. The largest absolute Gasteiger partial charge is 0.473 e. The molecule has 38 heavy (non-hydrogen) atoms. The molecular formula is C27H27FN8O2. The Balaban J connectivity index is 1.28. The van der Waals surface area contributed by atoms with Crippen LogP contribution in [-0.2, 0) is 14.1 Å². The van der Waals surface area contributed by atoms with Crippen molar-refractivity contribution < 1.29 is 9.13 Å². The molecule has 10 nitrogen and oxygen atoms in total. The van der Waals surface area contributed by atoms with Crippen molar-refractivity contribution in [3.63, 3.8) is 0 Å². The van der Waals surface area contributed by atoms with Crippen LogP contribution in [0.2, 0.25) is 0 Å². The second-order valence-electron chi connectivity index (χ2n) is 9.60. The van der Waals surface area contributed by atoms with Crippen molar-refractivity contribution in [2.24, 2.45) is 14.1 Å². The zero-order valence-electron chi connectivity index (χ0n) is 21.1. The van der Waals surface area contributed by atoms with Crippen LogP contribution in [0.15, 0.2) is 65.8 Å². The maximum atomic E-state index is 13.7. The Hall–Kier alpha value is -4.54. The Morgan fingerprint density at radius 1 is 1.03 bits per heavy atom. The van der Waals surface area contributed by atoms with Gasteiger partial charge in [0.1, 0.15) is 23.4 Å². The van der Waals surface area contributed by atoms with Crippen molar-refractivity contribution in [2.45, 2.75) is 37.8 Å². The molecule has 0 aliphatic heterocycles. The fraction of sp³-hybridized carbons (Fsp3) is 0.296. The van der Waals surface area contributed by atoms with E-state index in [0.29, 0.717) is 17.4 Å². The average Bonchev–Trinajstić information content (AvgIpc) is 3.50. The number of fused-ring (bicyclic) bond motifs is 1. The average molecular weight is 515 g/mol. The highest BCUT2D eigenvalue weighted by atomic mass is 19.1. The molecule has 1 fully saturated rings. The van der Waals surface area contributed by atoms with E-state index in [4.69, 9.17) is 9.84 Å². The summed E-state index contributed by atoms with van der Waals surface area (Å²) in [4.78, 5) is 16.2. The summed E-state index contributed by atoms with van der Waals surface area (Å²) < 4.78 is 24.9. The molecule has 5 aromatic rings. The van der Waals surface area contributed by atoms with Crippen LogP contribution in [0.25, 0.3) is 22.2 Å². The van der Waals surface area contributed by atoms with Gasteiger partial charge in [0.05, 0.1) is 17.8 Å². The predicted octanol–water partition coefficient (Wildman–Crippen LogP) is 4.37. The molecule has 0 unspecified atom stereocenters. The molecule has 0 amide bonds. The number of aryl methyl sites for hydroxylation is 2. The zero-order chi connectivity index (χ0) is 26.2. The molecule has 0 radical (unpaired) electrons. The van der Waals surface area contributed by atoms with Crippen LogP contribution in [0.4, 0.5) is 15.9 Å². The highest BCUT2D eigenvalue weighted by Gasteiger charge is 2.27. The van der Waals surface area contributed by atoms with Crippen molar-refractivity contribution in [2.75, 3.05) is 5.32 Å². The Morgan fingerprint density at radius 2 is 1.87 bits per heavy atom. The number of aromatic nitrogens is 7. The lowest BCUT2D eigenvalue weighted by atomic mass is 9.93. The van der Waals surface area contributed by atoms with Gasteiger partial charge in [-0.25, -0.2) is 14.1 Å². The third kappa shape index (κ3) is 4.74. The molecular weight excluding hydrogens is 487 g/mol. The van der Waals surface area contributed by atoms with Crippen molar-refractivity contribution in [1.29, 1.82) is 0 Å². The van der Waals surface area contributed by atoms with Gasteiger partial charge in [-0.2, -0.15) is 10.2 Å². The van der Waals surface area contributed by atoms with E-state index >= 15 is 0 Å². The van der Waals surface area contributed by atoms with Crippen LogP contribution in [-0.4, -0.2) is 40.4 Å². The lowest BCUT2D eigenvalue weighted by molar-refractivity contribution is 0.123. The molecule has 1 aliphatic carbocycles. The minimum Gasteiger partial charge on any atom is -0.473 e. The number of hydrogen-bond acceptors (Lipinski definition) is 7. The lowest BCUT2D eigenvalue weighted by Gasteiger charge is -2.29. The summed E-state index contributed by atoms with van der Waals surface area (Å²) in [6.07, 6.45) is 8.97. The second kappa shape index (κ2) is 9.73. The summed E-state index contributed by atoms with van der Waals surface area (Å²) in [6, 6.07) is 11.5. The van der Waals surface area contributed by atoms with Crippen LogP contribution in [0.1, 0.15) is 31.7 Å². The summed E-state index contributed by atoms with van der Waals surface area (Å²) in [6.45, 7) is 0. The lowest BCUT2D eigenvalue weighted by Crippen LogP contribution is -2.27. The molecule has 1 N–H and O–H groups in total. The second-order valence-corrected chi connectivity index (χ2v) is 9.60. The van der Waals surface area contributed by atoms with Crippen molar-refractivity contribution in [3.8, 4) is 17.1 Å². The van der Waals surface area contributed by atoms with Crippen molar-refractivity contribution in [3.05, 3.63) is 77.2 Å². The van der Waals surface area contributed by atoms with Gasteiger partial charge in [0, 0.05) is 61.3 Å². The van der Waals surface area contributed by atoms with Crippen molar-refractivity contribution >= 4 is 22.4 Å². The molecule has 194 valence electrons. The predicted molar refractivity (Wildman–Crippen MR) is 141 cm³/mol. The molecule has 1 aromatic carbocycles. The highest BCUT2D eigenvalue weighted by Crippen LogP contribution is 2.36. The number of nitrogens with zero attached hydrogens (tertiary/aromatic N) is 7. The molecule has 0 saturated heterocycles. The molecule has 1 aliphatic rings. The smallest absolute Gasteiger partial charge is 0.266 e. The minimum absolute atomic E-state index is 0.0164. The maximum Gasteiger partial charge on any atom is 0.266 e. The number of hydrogen-bond donors (Lipinski definition) is 1. The maximum absolute atomic E-state index is 13.7. The van der Waals surface area contributed by atoms with Gasteiger partial charge in [-0.15, -0.1) is 5.10 Å². The van der Waals surface area contributed by atoms with E-state index in [1.807, 2.05) is 25.5 Å². The summed E-state index contributed by atoms with van der Waals surface area (Å²) in [5.74, 6) is 0.754. The van der Waals surface area contributed by atoms with E-state index in [9.17, 15) is 9.18 Å². The summed E-state index contributed by atoms with van der Waals surface area (Å²) in [7, 11) is 3.49. The molecule has 1 saturated carbocycles. The summed E-state index contributed by atoms with van der Waals surface area (Å²) in [5.41, 5.74) is 3.14. The topological polar surface area (TPSA) is 105 Å². The first-order valence-electron chi connectivity index (χ1n) is 12.5. The normalized spacial score (nSPS) is 17.6. The highest BCUT2D eigenvalue weighted by molar-refractivity contribution is 5.94. The Labute approximate surface area is 217 Å². The number of rotatable bonds is 6. The molecule has 4 heterocycles. The van der Waals surface area contributed by atoms with E-state index in [-0.39, 0.29) is 23.5 Å². The van der Waals surface area contributed by atoms with Gasteiger partial charge in [0.2, 0.25) is 5.88 Å². The van der Waals surface area contributed by atoms with Gasteiger partial charge in [-0.1, -0.05) is 6.07 Å². The number of pyridine rings is 1. The van der Waals surface area contributed by atoms with Gasteiger partial charge >= 0.3 is 0 Å². The first kappa shape index (κ1) is 23.8. The third-order valence-electron chi connectivity index (χ3n) is 6.88. The third-order valence-corrected chi connectivity index (χ3v) is 6.88. The van der Waals surface area contributed by atoms with Crippen molar-refractivity contribution in [1.82, 2.24) is 34.3 Å². The number of anilines is 2. The summed E-state index contributed by atoms with van der Waals surface area (Å²) in [5, 5.41) is 17.7. The SMILES string of the molecule is Cn1cc(-c2nn(C3CCC(Oc4ccc(=O)n(C)n4)CC3)c3cc(Nc4cccc(F)c4)ncc23)cn1. The zero-order valence-corrected chi connectivity index (χ0v) is 21.1. The number of benzene rings is 1. The van der Waals surface area contributed by atoms with Gasteiger partial charge < -0.3 is 10.1 Å². The molecule has 0 spiro atoms. The van der Waals surface area contributed by atoms with Crippen LogP contribution in [0, 0.1) is 5.82 Å². The number of halogens is 1. The van der Waals surface area contributed by atoms with Gasteiger partial charge in [0.15, 0.2) is 0 Å². The fourth-order valence-electron chi connectivity index (χ4n) is 4.97. The van der Waals surface area contributed by atoms with Crippen LogP contribution in [0.5, 0.6) is 5.88 Å². The van der Waals surface area contributed by atoms with Gasteiger partial charge in [0.25, 0.3) is 5.56 Å². The monoisotopic (exact) mass is 514 g/mol. The van der Waals surface area contributed by atoms with E-state index in [2.05, 4.69) is 25.2 Å². The van der Waals surface area contributed by atoms with Crippen LogP contribution in [0.3, 0.4) is 0 Å². The minimum atomic E-state index is -0.313. The van der Waals surface area contributed by atoms with E-state index in [1.165, 1.54) is 22.9 Å². The van der Waals surface area contributed by atoms with E-state index in [1.54, 1.807) is 36.1 Å². The number of nitrogens with one attached hydrogen (secondary N) is 1. The first-order valence-corrected chi connectivity index (χ1v) is 12.5. The Morgan fingerprint density at radius 3 is 2.61 bits per heavy atom. The van der Waals surface area contributed by atoms with E-state index < -0.39 is 0 Å². The van der Waals surface area contributed by atoms with E-state index in [0.717, 1.165) is 47.8 Å². The quantitative estimate of drug-likeness (QED) is 0.359. The van der Waals surface area contributed by atoms with Crippen LogP contribution < -0.4 is 15.6 Å².